The first-order chi connectivity index (χ1) is 14.0. The maximum Gasteiger partial charge on any atom is 0.326 e. The number of aromatic amines is 1. The lowest BCUT2D eigenvalue weighted by Crippen LogP contribution is -2.37. The Bertz CT molecular complexity index is 1070. The first kappa shape index (κ1) is 19.9. The van der Waals surface area contributed by atoms with E-state index in [0.29, 0.717) is 17.0 Å². The fraction of sp³-hybridized carbons (Fsp3) is 0.364. The molecule has 2 aromatic carbocycles. The van der Waals surface area contributed by atoms with Crippen LogP contribution >= 0.6 is 11.6 Å². The molecule has 1 fully saturated rings. The number of Topliss-reactive ketones (excluding diaryl/α,β-unsaturated/α-hetero) is 1. The van der Waals surface area contributed by atoms with E-state index in [2.05, 4.69) is 9.88 Å². The number of fused-ring (bicyclic) bond motifs is 1. The van der Waals surface area contributed by atoms with Crippen molar-refractivity contribution in [2.24, 2.45) is 0 Å². The largest absolute Gasteiger partial charge is 0.326 e. The molecule has 0 radical (unpaired) electrons. The Morgan fingerprint density at radius 3 is 2.59 bits per heavy atom. The van der Waals surface area contributed by atoms with Crippen LogP contribution in [0.25, 0.3) is 11.0 Å². The first-order valence-corrected chi connectivity index (χ1v) is 10.3. The van der Waals surface area contributed by atoms with Gasteiger partial charge in [0, 0.05) is 36.1 Å². The summed E-state index contributed by atoms with van der Waals surface area (Å²) in [5, 5.41) is 0.607. The van der Waals surface area contributed by atoms with Crippen molar-refractivity contribution in [1.82, 2.24) is 14.5 Å². The molecule has 1 saturated heterocycles. The van der Waals surface area contributed by atoms with Gasteiger partial charge in [-0.15, -0.1) is 0 Å². The van der Waals surface area contributed by atoms with Gasteiger partial charge < -0.3 is 9.88 Å². The molecule has 0 saturated carbocycles. The lowest BCUT2D eigenvalue weighted by molar-refractivity contribution is 0.0970. The monoisotopic (exact) mass is 415 g/mol. The van der Waals surface area contributed by atoms with Crippen LogP contribution in [0.5, 0.6) is 0 Å². The summed E-state index contributed by atoms with van der Waals surface area (Å²) in [5.74, 6) is -0.286. The predicted molar refractivity (Wildman–Crippen MR) is 112 cm³/mol. The molecule has 29 heavy (non-hydrogen) atoms. The van der Waals surface area contributed by atoms with E-state index in [0.717, 1.165) is 49.9 Å². The maximum absolute atomic E-state index is 13.0. The van der Waals surface area contributed by atoms with Gasteiger partial charge in [0.2, 0.25) is 0 Å². The van der Waals surface area contributed by atoms with Crippen LogP contribution in [-0.4, -0.2) is 39.9 Å². The summed E-state index contributed by atoms with van der Waals surface area (Å²) >= 11 is 6.02. The van der Waals surface area contributed by atoms with Gasteiger partial charge in [0.25, 0.3) is 0 Å². The van der Waals surface area contributed by atoms with Crippen molar-refractivity contribution in [1.29, 1.82) is 0 Å². The van der Waals surface area contributed by atoms with Gasteiger partial charge in [-0.2, -0.15) is 0 Å². The van der Waals surface area contributed by atoms with Crippen LogP contribution in [0.2, 0.25) is 5.02 Å². The number of likely N-dealkylation sites (tertiary alicyclic amines) is 1. The Morgan fingerprint density at radius 2 is 1.86 bits per heavy atom. The Balaban J connectivity index is 1.30. The fourth-order valence-electron chi connectivity index (χ4n) is 4.11. The third kappa shape index (κ3) is 4.43. The van der Waals surface area contributed by atoms with Crippen LogP contribution in [0, 0.1) is 5.82 Å². The third-order valence-electron chi connectivity index (χ3n) is 5.65. The number of benzene rings is 2. The number of hydrogen-bond acceptors (Lipinski definition) is 3. The predicted octanol–water partition coefficient (Wildman–Crippen LogP) is 4.42. The second kappa shape index (κ2) is 8.51. The molecule has 5 nitrogen and oxygen atoms in total. The van der Waals surface area contributed by atoms with Gasteiger partial charge in [-0.3, -0.25) is 9.36 Å². The molecule has 3 aromatic rings. The van der Waals surface area contributed by atoms with Crippen molar-refractivity contribution in [3.63, 3.8) is 0 Å². The number of rotatable bonds is 6. The molecule has 4 rings (SSSR count). The number of aromatic nitrogens is 2. The Morgan fingerprint density at radius 1 is 1.14 bits per heavy atom. The Kier molecular flexibility index (Phi) is 5.83. The zero-order valence-corrected chi connectivity index (χ0v) is 16.8. The fourth-order valence-corrected chi connectivity index (χ4v) is 4.28. The van der Waals surface area contributed by atoms with Crippen LogP contribution in [0.15, 0.2) is 47.3 Å². The normalized spacial score (nSPS) is 15.8. The van der Waals surface area contributed by atoms with Gasteiger partial charge in [-0.05, 0) is 68.3 Å². The van der Waals surface area contributed by atoms with E-state index < -0.39 is 0 Å². The summed E-state index contributed by atoms with van der Waals surface area (Å²) in [7, 11) is 0. The van der Waals surface area contributed by atoms with Crippen LogP contribution in [0.3, 0.4) is 0 Å². The second-order valence-corrected chi connectivity index (χ2v) is 8.00. The zero-order chi connectivity index (χ0) is 20.4. The lowest BCUT2D eigenvalue weighted by Gasteiger charge is -2.32. The van der Waals surface area contributed by atoms with E-state index in [9.17, 15) is 14.0 Å². The molecular weight excluding hydrogens is 393 g/mol. The summed E-state index contributed by atoms with van der Waals surface area (Å²) in [4.78, 5) is 29.9. The number of carbonyl (C=O) groups excluding carboxylic acids is 1. The number of halogens is 2. The van der Waals surface area contributed by atoms with Crippen LogP contribution in [0.4, 0.5) is 4.39 Å². The summed E-state index contributed by atoms with van der Waals surface area (Å²) < 4.78 is 14.8. The molecule has 0 amide bonds. The number of H-pyrrole nitrogens is 1. The van der Waals surface area contributed by atoms with Gasteiger partial charge in [0.1, 0.15) is 5.82 Å². The van der Waals surface area contributed by atoms with E-state index in [-0.39, 0.29) is 23.3 Å². The van der Waals surface area contributed by atoms with Gasteiger partial charge in [-0.1, -0.05) is 11.6 Å². The molecule has 0 aliphatic carbocycles. The van der Waals surface area contributed by atoms with Gasteiger partial charge in [-0.25, -0.2) is 9.18 Å². The van der Waals surface area contributed by atoms with Crippen molar-refractivity contribution in [3.05, 3.63) is 69.4 Å². The first-order valence-electron chi connectivity index (χ1n) is 9.92. The highest BCUT2D eigenvalue weighted by Gasteiger charge is 2.23. The second-order valence-electron chi connectivity index (χ2n) is 7.57. The number of piperidine rings is 1. The van der Waals surface area contributed by atoms with E-state index in [1.165, 1.54) is 24.3 Å². The van der Waals surface area contributed by atoms with Crippen molar-refractivity contribution >= 4 is 28.4 Å². The van der Waals surface area contributed by atoms with Crippen molar-refractivity contribution in [3.8, 4) is 0 Å². The van der Waals surface area contributed by atoms with Gasteiger partial charge in [0.15, 0.2) is 5.78 Å². The van der Waals surface area contributed by atoms with Crippen LogP contribution < -0.4 is 5.69 Å². The highest BCUT2D eigenvalue weighted by molar-refractivity contribution is 6.31. The summed E-state index contributed by atoms with van der Waals surface area (Å²) in [5.41, 5.74) is 2.13. The van der Waals surface area contributed by atoms with Crippen molar-refractivity contribution in [2.45, 2.75) is 31.7 Å². The summed E-state index contributed by atoms with van der Waals surface area (Å²) in [6.07, 6.45) is 3.00. The van der Waals surface area contributed by atoms with E-state index in [4.69, 9.17) is 11.6 Å². The number of nitrogens with one attached hydrogen (secondary N) is 1. The SMILES string of the molecule is O=C(CCCN1CCC(n2c(=O)[nH]c3cc(Cl)ccc32)CC1)c1ccc(F)cc1. The van der Waals surface area contributed by atoms with E-state index in [1.807, 2.05) is 10.6 Å². The molecule has 1 N–H and O–H groups in total. The molecular formula is C22H23ClFN3O2. The average molecular weight is 416 g/mol. The van der Waals surface area contributed by atoms with Gasteiger partial charge >= 0.3 is 5.69 Å². The lowest BCUT2D eigenvalue weighted by atomic mass is 10.0. The van der Waals surface area contributed by atoms with E-state index >= 15 is 0 Å². The minimum atomic E-state index is -0.332. The Hall–Kier alpha value is -2.44. The molecule has 0 bridgehead atoms. The standard InChI is InChI=1S/C22H23ClFN3O2/c23-16-5-8-20-19(14-16)25-22(29)27(20)18-9-12-26(13-10-18)11-1-2-21(28)15-3-6-17(24)7-4-15/h3-8,14,18H,1-2,9-13H2,(H,25,29). The molecule has 1 aliphatic rings. The summed E-state index contributed by atoms with van der Waals surface area (Å²) in [6.45, 7) is 2.63. The van der Waals surface area contributed by atoms with Crippen molar-refractivity contribution in [2.75, 3.05) is 19.6 Å². The number of hydrogen-bond donors (Lipinski definition) is 1. The number of ketones is 1. The van der Waals surface area contributed by atoms with Crippen LogP contribution in [-0.2, 0) is 0 Å². The smallest absolute Gasteiger partial charge is 0.305 e. The number of nitrogens with zero attached hydrogens (tertiary/aromatic N) is 2. The summed E-state index contributed by atoms with van der Waals surface area (Å²) in [6, 6.07) is 11.3. The van der Waals surface area contributed by atoms with E-state index in [1.54, 1.807) is 12.1 Å². The molecule has 7 heteroatoms. The molecule has 152 valence electrons. The van der Waals surface area contributed by atoms with Crippen LogP contribution in [0.1, 0.15) is 42.1 Å². The Labute approximate surface area is 173 Å². The average Bonchev–Trinajstić information content (AvgIpc) is 3.03. The van der Waals surface area contributed by atoms with Crippen molar-refractivity contribution < 1.29 is 9.18 Å². The molecule has 0 spiro atoms. The third-order valence-corrected chi connectivity index (χ3v) is 5.88. The van der Waals surface area contributed by atoms with Gasteiger partial charge in [0.05, 0.1) is 11.0 Å². The number of carbonyl (C=O) groups is 1. The molecule has 1 aliphatic heterocycles. The minimum absolute atomic E-state index is 0.0453. The highest BCUT2D eigenvalue weighted by Crippen LogP contribution is 2.26. The molecule has 0 unspecified atom stereocenters. The zero-order valence-electron chi connectivity index (χ0n) is 16.0. The quantitative estimate of drug-likeness (QED) is 0.606. The molecule has 1 aromatic heterocycles. The molecule has 0 atom stereocenters. The molecule has 2 heterocycles. The minimum Gasteiger partial charge on any atom is -0.305 e. The number of imidazole rings is 1. The topological polar surface area (TPSA) is 58.1 Å². The maximum atomic E-state index is 13.0. The highest BCUT2D eigenvalue weighted by atomic mass is 35.5.